The van der Waals surface area contributed by atoms with Gasteiger partial charge in [-0.15, -0.1) is 0 Å². The fraction of sp³-hybridized carbons (Fsp3) is 0.130. The molecule has 1 N–H and O–H groups in total. The number of halogens is 1. The Morgan fingerprint density at radius 2 is 1.65 bits per heavy atom. The third-order valence-corrected chi connectivity index (χ3v) is 4.43. The summed E-state index contributed by atoms with van der Waals surface area (Å²) in [6.45, 7) is 0.391. The molecule has 4 aromatic rings. The van der Waals surface area contributed by atoms with E-state index in [2.05, 4.69) is 20.4 Å². The SMILES string of the molecule is O=C(CCc1nc(-c2ccncc2)no1)NCc1ccc(Oc2ccc(F)cc2)cc1. The highest BCUT2D eigenvalue weighted by Crippen LogP contribution is 2.22. The number of benzene rings is 2. The maximum absolute atomic E-state index is 12.9. The Labute approximate surface area is 177 Å². The van der Waals surface area contributed by atoms with Gasteiger partial charge in [0.1, 0.15) is 17.3 Å². The highest BCUT2D eigenvalue weighted by molar-refractivity contribution is 5.76. The van der Waals surface area contributed by atoms with Crippen LogP contribution in [0.15, 0.2) is 77.6 Å². The number of carbonyl (C=O) groups is 1. The number of nitrogens with zero attached hydrogens (tertiary/aromatic N) is 3. The van der Waals surface area contributed by atoms with Gasteiger partial charge in [0.05, 0.1) is 0 Å². The molecule has 0 aliphatic rings. The number of rotatable bonds is 8. The first-order valence-electron chi connectivity index (χ1n) is 9.68. The summed E-state index contributed by atoms with van der Waals surface area (Å²) in [6, 6.07) is 16.7. The number of aryl methyl sites for hydroxylation is 1. The van der Waals surface area contributed by atoms with Gasteiger partial charge < -0.3 is 14.6 Å². The first-order chi connectivity index (χ1) is 15.2. The van der Waals surface area contributed by atoms with Crippen LogP contribution in [0.5, 0.6) is 11.5 Å². The first kappa shape index (κ1) is 20.2. The van der Waals surface area contributed by atoms with E-state index in [1.165, 1.54) is 12.1 Å². The summed E-state index contributed by atoms with van der Waals surface area (Å²) in [6.07, 6.45) is 3.90. The van der Waals surface area contributed by atoms with E-state index < -0.39 is 0 Å². The van der Waals surface area contributed by atoms with Crippen LogP contribution in [0.25, 0.3) is 11.4 Å². The number of nitrogens with one attached hydrogen (secondary N) is 1. The molecule has 7 nitrogen and oxygen atoms in total. The minimum atomic E-state index is -0.313. The van der Waals surface area contributed by atoms with Gasteiger partial charge in [-0.1, -0.05) is 17.3 Å². The van der Waals surface area contributed by atoms with Crippen LogP contribution < -0.4 is 10.1 Å². The van der Waals surface area contributed by atoms with E-state index in [4.69, 9.17) is 9.26 Å². The number of ether oxygens (including phenoxy) is 1. The smallest absolute Gasteiger partial charge is 0.227 e. The third kappa shape index (κ3) is 5.72. The van der Waals surface area contributed by atoms with Crippen molar-refractivity contribution in [3.63, 3.8) is 0 Å². The molecule has 0 fully saturated rings. The lowest BCUT2D eigenvalue weighted by atomic mass is 10.2. The van der Waals surface area contributed by atoms with Crippen LogP contribution in [0, 0.1) is 5.82 Å². The zero-order valence-electron chi connectivity index (χ0n) is 16.5. The van der Waals surface area contributed by atoms with Crippen molar-refractivity contribution in [2.45, 2.75) is 19.4 Å². The summed E-state index contributed by atoms with van der Waals surface area (Å²) >= 11 is 0. The van der Waals surface area contributed by atoms with Crippen LogP contribution in [0.2, 0.25) is 0 Å². The maximum Gasteiger partial charge on any atom is 0.227 e. The lowest BCUT2D eigenvalue weighted by molar-refractivity contribution is -0.121. The van der Waals surface area contributed by atoms with E-state index in [0.717, 1.165) is 11.1 Å². The summed E-state index contributed by atoms with van der Waals surface area (Å²) in [5.74, 6) is 1.63. The van der Waals surface area contributed by atoms with Gasteiger partial charge in [0.2, 0.25) is 17.6 Å². The van der Waals surface area contributed by atoms with E-state index in [1.54, 1.807) is 48.8 Å². The second kappa shape index (κ2) is 9.62. The second-order valence-electron chi connectivity index (χ2n) is 6.72. The number of aromatic nitrogens is 3. The molecular weight excluding hydrogens is 399 g/mol. The van der Waals surface area contributed by atoms with Crippen molar-refractivity contribution in [3.8, 4) is 22.9 Å². The minimum absolute atomic E-state index is 0.115. The number of amides is 1. The molecule has 0 aliphatic heterocycles. The summed E-state index contributed by atoms with van der Waals surface area (Å²) < 4.78 is 23.8. The highest BCUT2D eigenvalue weighted by Gasteiger charge is 2.10. The third-order valence-electron chi connectivity index (χ3n) is 4.43. The van der Waals surface area contributed by atoms with Gasteiger partial charge in [-0.2, -0.15) is 4.98 Å². The molecular formula is C23H19FN4O3. The molecule has 4 rings (SSSR count). The average molecular weight is 418 g/mol. The topological polar surface area (TPSA) is 90.1 Å². The molecule has 2 aromatic heterocycles. The quantitative estimate of drug-likeness (QED) is 0.459. The molecule has 31 heavy (non-hydrogen) atoms. The lowest BCUT2D eigenvalue weighted by Crippen LogP contribution is -2.23. The average Bonchev–Trinajstić information content (AvgIpc) is 3.28. The van der Waals surface area contributed by atoms with Crippen molar-refractivity contribution in [3.05, 3.63) is 90.3 Å². The van der Waals surface area contributed by atoms with Gasteiger partial charge in [-0.05, 0) is 54.1 Å². The Hall–Kier alpha value is -4.07. The fourth-order valence-electron chi connectivity index (χ4n) is 2.80. The maximum atomic E-state index is 12.9. The van der Waals surface area contributed by atoms with Crippen molar-refractivity contribution >= 4 is 5.91 Å². The van der Waals surface area contributed by atoms with Gasteiger partial charge in [0.25, 0.3) is 0 Å². The summed E-state index contributed by atoms with van der Waals surface area (Å²) in [4.78, 5) is 20.4. The molecule has 0 spiro atoms. The lowest BCUT2D eigenvalue weighted by Gasteiger charge is -2.08. The number of pyridine rings is 1. The molecule has 0 saturated heterocycles. The van der Waals surface area contributed by atoms with Crippen LogP contribution in [-0.4, -0.2) is 21.0 Å². The van der Waals surface area contributed by atoms with Crippen molar-refractivity contribution in [1.82, 2.24) is 20.4 Å². The molecule has 0 saturated carbocycles. The summed E-state index contributed by atoms with van der Waals surface area (Å²) in [5.41, 5.74) is 1.74. The summed E-state index contributed by atoms with van der Waals surface area (Å²) in [5, 5.41) is 6.79. The molecule has 2 heterocycles. The largest absolute Gasteiger partial charge is 0.457 e. The Morgan fingerprint density at radius 3 is 2.35 bits per heavy atom. The van der Waals surface area contributed by atoms with Crippen molar-refractivity contribution in [2.24, 2.45) is 0 Å². The van der Waals surface area contributed by atoms with E-state index >= 15 is 0 Å². The molecule has 0 bridgehead atoms. The fourth-order valence-corrected chi connectivity index (χ4v) is 2.80. The van der Waals surface area contributed by atoms with Gasteiger partial charge in [-0.3, -0.25) is 9.78 Å². The monoisotopic (exact) mass is 418 g/mol. The number of carbonyl (C=O) groups excluding carboxylic acids is 1. The molecule has 1 amide bonds. The molecule has 156 valence electrons. The predicted octanol–water partition coefficient (Wildman–Crippen LogP) is 4.31. The number of hydrogen-bond donors (Lipinski definition) is 1. The van der Waals surface area contributed by atoms with Crippen LogP contribution in [0.1, 0.15) is 17.9 Å². The standard InChI is InChI=1S/C23H19FN4O3/c24-18-3-7-20(8-4-18)30-19-5-1-16(2-6-19)15-26-21(29)9-10-22-27-23(28-31-22)17-11-13-25-14-12-17/h1-8,11-14H,9-10,15H2,(H,26,29). The molecule has 0 radical (unpaired) electrons. The first-order valence-corrected chi connectivity index (χ1v) is 9.68. The van der Waals surface area contributed by atoms with Gasteiger partial charge >= 0.3 is 0 Å². The van der Waals surface area contributed by atoms with E-state index in [9.17, 15) is 9.18 Å². The zero-order chi connectivity index (χ0) is 21.5. The number of hydrogen-bond acceptors (Lipinski definition) is 6. The Bertz CT molecular complexity index is 1130. The molecule has 8 heteroatoms. The van der Waals surface area contributed by atoms with Crippen LogP contribution in [-0.2, 0) is 17.8 Å². The van der Waals surface area contributed by atoms with Crippen LogP contribution in [0.3, 0.4) is 0 Å². The highest BCUT2D eigenvalue weighted by atomic mass is 19.1. The van der Waals surface area contributed by atoms with Crippen molar-refractivity contribution in [1.29, 1.82) is 0 Å². The molecule has 2 aromatic carbocycles. The van der Waals surface area contributed by atoms with Gasteiger partial charge in [0, 0.05) is 37.3 Å². The second-order valence-corrected chi connectivity index (χ2v) is 6.72. The van der Waals surface area contributed by atoms with E-state index in [0.29, 0.717) is 36.2 Å². The van der Waals surface area contributed by atoms with E-state index in [1.807, 2.05) is 12.1 Å². The van der Waals surface area contributed by atoms with Gasteiger partial charge in [0.15, 0.2) is 0 Å². The normalized spacial score (nSPS) is 10.6. The van der Waals surface area contributed by atoms with E-state index in [-0.39, 0.29) is 18.1 Å². The van der Waals surface area contributed by atoms with Gasteiger partial charge in [-0.25, -0.2) is 4.39 Å². The molecule has 0 aliphatic carbocycles. The predicted molar refractivity (Wildman–Crippen MR) is 111 cm³/mol. The Kier molecular flexibility index (Phi) is 6.27. The zero-order valence-corrected chi connectivity index (χ0v) is 16.5. The van der Waals surface area contributed by atoms with Crippen molar-refractivity contribution in [2.75, 3.05) is 0 Å². The Balaban J connectivity index is 1.22. The summed E-state index contributed by atoms with van der Waals surface area (Å²) in [7, 11) is 0. The van der Waals surface area contributed by atoms with Crippen molar-refractivity contribution < 1.29 is 18.4 Å². The molecule has 0 atom stereocenters. The van der Waals surface area contributed by atoms with Crippen LogP contribution in [0.4, 0.5) is 4.39 Å². The van der Waals surface area contributed by atoms with Crippen LogP contribution >= 0.6 is 0 Å². The minimum Gasteiger partial charge on any atom is -0.457 e. The Morgan fingerprint density at radius 1 is 0.968 bits per heavy atom. The molecule has 0 unspecified atom stereocenters.